The maximum Gasteiger partial charge on any atom is 0.0460 e. The van der Waals surface area contributed by atoms with Gasteiger partial charge in [0.25, 0.3) is 0 Å². The smallest absolute Gasteiger partial charge is 0.0460 e. The maximum atomic E-state index is 5.52. The zero-order valence-electron chi connectivity index (χ0n) is 8.46. The lowest BCUT2D eigenvalue weighted by molar-refractivity contribution is 0.495. The molecule has 0 aliphatic rings. The van der Waals surface area contributed by atoms with E-state index in [1.165, 1.54) is 18.4 Å². The number of hydrogen-bond acceptors (Lipinski definition) is 2. The zero-order chi connectivity index (χ0) is 10.4. The first-order valence-corrected chi connectivity index (χ1v) is 5.78. The molecule has 1 aromatic rings. The molecule has 78 valence electrons. The molecule has 1 atom stereocenters. The van der Waals surface area contributed by atoms with E-state index in [1.54, 1.807) is 0 Å². The van der Waals surface area contributed by atoms with Gasteiger partial charge in [0, 0.05) is 10.5 Å². The number of nitrogens with one attached hydrogen (secondary N) is 1. The molecule has 1 rings (SSSR count). The third kappa shape index (κ3) is 3.40. The highest BCUT2D eigenvalue weighted by atomic mass is 79.9. The number of nitrogens with two attached hydrogens (primary N) is 1. The van der Waals surface area contributed by atoms with Gasteiger partial charge in [-0.3, -0.25) is 11.3 Å². The number of halogens is 1. The van der Waals surface area contributed by atoms with Crippen molar-refractivity contribution in [2.24, 2.45) is 5.84 Å². The lowest BCUT2D eigenvalue weighted by atomic mass is 10.0. The van der Waals surface area contributed by atoms with Crippen LogP contribution in [0.3, 0.4) is 0 Å². The Hall–Kier alpha value is -0.380. The lowest BCUT2D eigenvalue weighted by Crippen LogP contribution is -2.27. The van der Waals surface area contributed by atoms with Crippen LogP contribution in [0.1, 0.15) is 37.8 Å². The van der Waals surface area contributed by atoms with Gasteiger partial charge in [-0.25, -0.2) is 0 Å². The predicted molar refractivity (Wildman–Crippen MR) is 63.7 cm³/mol. The molecule has 0 unspecified atom stereocenters. The van der Waals surface area contributed by atoms with Crippen molar-refractivity contribution in [3.63, 3.8) is 0 Å². The van der Waals surface area contributed by atoms with Crippen LogP contribution in [0.4, 0.5) is 0 Å². The largest absolute Gasteiger partial charge is 0.271 e. The van der Waals surface area contributed by atoms with E-state index in [1.807, 2.05) is 12.1 Å². The average molecular weight is 257 g/mol. The van der Waals surface area contributed by atoms with Crippen LogP contribution >= 0.6 is 15.9 Å². The minimum absolute atomic E-state index is 0.281. The first-order valence-electron chi connectivity index (χ1n) is 4.99. The number of hydrazine groups is 1. The van der Waals surface area contributed by atoms with Gasteiger partial charge in [-0.05, 0) is 24.1 Å². The molecule has 14 heavy (non-hydrogen) atoms. The van der Waals surface area contributed by atoms with Crippen LogP contribution in [0.5, 0.6) is 0 Å². The molecule has 2 nitrogen and oxygen atoms in total. The molecule has 3 heteroatoms. The van der Waals surface area contributed by atoms with Crippen LogP contribution in [0.15, 0.2) is 28.7 Å². The highest BCUT2D eigenvalue weighted by Gasteiger charge is 2.07. The Labute approximate surface area is 94.0 Å². The summed E-state index contributed by atoms with van der Waals surface area (Å²) < 4.78 is 1.10. The minimum Gasteiger partial charge on any atom is -0.271 e. The molecule has 0 aliphatic carbocycles. The fourth-order valence-electron chi connectivity index (χ4n) is 1.45. The summed E-state index contributed by atoms with van der Waals surface area (Å²) in [5.41, 5.74) is 4.11. The Morgan fingerprint density at radius 1 is 1.36 bits per heavy atom. The van der Waals surface area contributed by atoms with Crippen LogP contribution in [0.25, 0.3) is 0 Å². The van der Waals surface area contributed by atoms with Crippen molar-refractivity contribution in [2.45, 2.75) is 32.2 Å². The van der Waals surface area contributed by atoms with Crippen molar-refractivity contribution in [3.8, 4) is 0 Å². The van der Waals surface area contributed by atoms with Gasteiger partial charge in [-0.1, -0.05) is 47.8 Å². The van der Waals surface area contributed by atoms with Crippen molar-refractivity contribution in [1.29, 1.82) is 0 Å². The fourth-order valence-corrected chi connectivity index (χ4v) is 1.71. The first-order chi connectivity index (χ1) is 6.77. The van der Waals surface area contributed by atoms with Gasteiger partial charge in [0.2, 0.25) is 0 Å². The summed E-state index contributed by atoms with van der Waals surface area (Å²) in [5.74, 6) is 5.52. The molecule has 0 spiro atoms. The van der Waals surface area contributed by atoms with Crippen LogP contribution in [0.2, 0.25) is 0 Å². The van der Waals surface area contributed by atoms with Gasteiger partial charge in [-0.15, -0.1) is 0 Å². The maximum absolute atomic E-state index is 5.52. The Morgan fingerprint density at radius 2 is 2.00 bits per heavy atom. The highest BCUT2D eigenvalue weighted by Crippen LogP contribution is 2.20. The molecule has 0 fully saturated rings. The van der Waals surface area contributed by atoms with Gasteiger partial charge in [0.05, 0.1) is 0 Å². The molecule has 0 radical (unpaired) electrons. The molecule has 0 bridgehead atoms. The number of benzene rings is 1. The molecule has 0 heterocycles. The van der Waals surface area contributed by atoms with E-state index in [9.17, 15) is 0 Å². The van der Waals surface area contributed by atoms with E-state index < -0.39 is 0 Å². The Balaban J connectivity index is 2.64. The molecule has 0 amide bonds. The van der Waals surface area contributed by atoms with Gasteiger partial charge < -0.3 is 0 Å². The van der Waals surface area contributed by atoms with E-state index in [0.717, 1.165) is 10.9 Å². The highest BCUT2D eigenvalue weighted by molar-refractivity contribution is 9.10. The Morgan fingerprint density at radius 3 is 2.50 bits per heavy atom. The molecule has 0 saturated heterocycles. The summed E-state index contributed by atoms with van der Waals surface area (Å²) in [6, 6.07) is 8.58. The van der Waals surface area contributed by atoms with Crippen LogP contribution in [-0.2, 0) is 0 Å². The van der Waals surface area contributed by atoms with Gasteiger partial charge >= 0.3 is 0 Å². The second-order valence-electron chi connectivity index (χ2n) is 3.41. The summed E-state index contributed by atoms with van der Waals surface area (Å²) in [4.78, 5) is 0. The van der Waals surface area contributed by atoms with E-state index in [-0.39, 0.29) is 6.04 Å². The SMILES string of the molecule is CCCC[C@H](NN)c1ccc(Br)cc1. The Bertz CT molecular complexity index is 258. The quantitative estimate of drug-likeness (QED) is 0.628. The van der Waals surface area contributed by atoms with Crippen LogP contribution < -0.4 is 11.3 Å². The fraction of sp³-hybridized carbons (Fsp3) is 0.455. The van der Waals surface area contributed by atoms with Gasteiger partial charge in [-0.2, -0.15) is 0 Å². The van der Waals surface area contributed by atoms with E-state index >= 15 is 0 Å². The van der Waals surface area contributed by atoms with Gasteiger partial charge in [0.1, 0.15) is 0 Å². The summed E-state index contributed by atoms with van der Waals surface area (Å²) in [7, 11) is 0. The number of rotatable bonds is 5. The molecule has 1 aromatic carbocycles. The average Bonchev–Trinajstić information content (AvgIpc) is 2.21. The normalized spacial score (nSPS) is 12.8. The lowest BCUT2D eigenvalue weighted by Gasteiger charge is -2.15. The van der Waals surface area contributed by atoms with E-state index in [0.29, 0.717) is 0 Å². The third-order valence-electron chi connectivity index (χ3n) is 2.32. The summed E-state index contributed by atoms with van der Waals surface area (Å²) in [6.45, 7) is 2.19. The Kier molecular flexibility index (Phi) is 5.15. The summed E-state index contributed by atoms with van der Waals surface area (Å²) in [5, 5.41) is 0. The second-order valence-corrected chi connectivity index (χ2v) is 4.33. The van der Waals surface area contributed by atoms with Crippen molar-refractivity contribution < 1.29 is 0 Å². The van der Waals surface area contributed by atoms with Crippen molar-refractivity contribution in [3.05, 3.63) is 34.3 Å². The standard InChI is InChI=1S/C11H17BrN2/c1-2-3-4-11(14-13)9-5-7-10(12)8-6-9/h5-8,11,14H,2-4,13H2,1H3/t11-/m0/s1. The topological polar surface area (TPSA) is 38.0 Å². The minimum atomic E-state index is 0.281. The van der Waals surface area contributed by atoms with Gasteiger partial charge in [0.15, 0.2) is 0 Å². The zero-order valence-corrected chi connectivity index (χ0v) is 10.0. The molecule has 0 aliphatic heterocycles. The molecule has 0 saturated carbocycles. The molecule has 3 N–H and O–H groups in total. The van der Waals surface area contributed by atoms with Crippen molar-refractivity contribution in [2.75, 3.05) is 0 Å². The second kappa shape index (κ2) is 6.17. The van der Waals surface area contributed by atoms with Crippen molar-refractivity contribution in [1.82, 2.24) is 5.43 Å². The molecular formula is C11H17BrN2. The number of hydrogen-bond donors (Lipinski definition) is 2. The van der Waals surface area contributed by atoms with Crippen LogP contribution in [0, 0.1) is 0 Å². The van der Waals surface area contributed by atoms with Crippen molar-refractivity contribution >= 4 is 15.9 Å². The first kappa shape index (κ1) is 11.7. The summed E-state index contributed by atoms with van der Waals surface area (Å²) in [6.07, 6.45) is 3.49. The molecular weight excluding hydrogens is 240 g/mol. The van der Waals surface area contributed by atoms with E-state index in [4.69, 9.17) is 5.84 Å². The predicted octanol–water partition coefficient (Wildman–Crippen LogP) is 3.14. The number of unbranched alkanes of at least 4 members (excludes halogenated alkanes) is 1. The molecule has 0 aromatic heterocycles. The third-order valence-corrected chi connectivity index (χ3v) is 2.85. The monoisotopic (exact) mass is 256 g/mol. The van der Waals surface area contributed by atoms with E-state index in [2.05, 4.69) is 40.4 Å². The summed E-state index contributed by atoms with van der Waals surface area (Å²) >= 11 is 3.42. The van der Waals surface area contributed by atoms with Crippen LogP contribution in [-0.4, -0.2) is 0 Å².